The Kier molecular flexibility index (Phi) is 7.32. The Labute approximate surface area is 186 Å². The maximum atomic E-state index is 13.0. The van der Waals surface area contributed by atoms with E-state index < -0.39 is 10.0 Å². The van der Waals surface area contributed by atoms with Crippen molar-refractivity contribution in [1.29, 1.82) is 0 Å². The average molecular weight is 459 g/mol. The van der Waals surface area contributed by atoms with Gasteiger partial charge >= 0.3 is 0 Å². The van der Waals surface area contributed by atoms with Crippen LogP contribution < -0.4 is 19.5 Å². The predicted octanol–water partition coefficient (Wildman–Crippen LogP) is 4.43. The number of benzene rings is 3. The Morgan fingerprint density at radius 3 is 2.47 bits per heavy atom. The van der Waals surface area contributed by atoms with Gasteiger partial charge in [-0.05, 0) is 55.0 Å². The van der Waals surface area contributed by atoms with E-state index in [0.29, 0.717) is 17.0 Å². The number of anilines is 2. The van der Waals surface area contributed by atoms with Gasteiger partial charge in [0.2, 0.25) is 10.0 Å². The summed E-state index contributed by atoms with van der Waals surface area (Å²) in [5.74, 6) is -0.00472. The molecule has 0 radical (unpaired) electrons. The van der Waals surface area contributed by atoms with Gasteiger partial charge in [0.15, 0.2) is 0 Å². The number of carbonyl (C=O) groups is 1. The van der Waals surface area contributed by atoms with Crippen molar-refractivity contribution in [3.8, 4) is 11.5 Å². The lowest BCUT2D eigenvalue weighted by Crippen LogP contribution is -2.16. The molecule has 0 aromatic heterocycles. The maximum Gasteiger partial charge on any atom is 0.255 e. The third-order valence-electron chi connectivity index (χ3n) is 4.52. The van der Waals surface area contributed by atoms with Crippen LogP contribution in [0.4, 0.5) is 15.8 Å². The van der Waals surface area contributed by atoms with E-state index in [2.05, 4.69) is 10.0 Å². The van der Waals surface area contributed by atoms with Crippen molar-refractivity contribution in [1.82, 2.24) is 0 Å². The summed E-state index contributed by atoms with van der Waals surface area (Å²) < 4.78 is 50.0. The molecule has 2 N–H and O–H groups in total. The van der Waals surface area contributed by atoms with Crippen molar-refractivity contribution in [2.24, 2.45) is 0 Å². The standard InChI is InChI=1S/C23H23FN2O5S/c1-3-32(28,29)26-21-12-11-19(14-22(21)30-2)25-23(27)17-5-4-6-20(13-17)31-15-16-7-9-18(24)10-8-16/h4-14,26H,3,15H2,1-2H3,(H,25,27). The van der Waals surface area contributed by atoms with E-state index in [1.165, 1.54) is 38.3 Å². The predicted molar refractivity (Wildman–Crippen MR) is 121 cm³/mol. The number of hydrogen-bond acceptors (Lipinski definition) is 5. The lowest BCUT2D eigenvalue weighted by atomic mass is 10.2. The molecule has 0 atom stereocenters. The summed E-state index contributed by atoms with van der Waals surface area (Å²) in [6.07, 6.45) is 0. The van der Waals surface area contributed by atoms with Gasteiger partial charge in [-0.2, -0.15) is 0 Å². The summed E-state index contributed by atoms with van der Waals surface area (Å²) in [6.45, 7) is 1.76. The molecule has 168 valence electrons. The van der Waals surface area contributed by atoms with Crippen LogP contribution in [0, 0.1) is 5.82 Å². The molecule has 0 saturated carbocycles. The van der Waals surface area contributed by atoms with E-state index in [-0.39, 0.29) is 35.5 Å². The Hall–Kier alpha value is -3.59. The molecule has 7 nitrogen and oxygen atoms in total. The zero-order valence-corrected chi connectivity index (χ0v) is 18.4. The van der Waals surface area contributed by atoms with E-state index in [1.807, 2.05) is 0 Å². The molecule has 0 aliphatic heterocycles. The quantitative estimate of drug-likeness (QED) is 0.495. The number of nitrogens with one attached hydrogen (secondary N) is 2. The normalized spacial score (nSPS) is 11.0. The highest BCUT2D eigenvalue weighted by molar-refractivity contribution is 7.92. The third kappa shape index (κ3) is 6.21. The van der Waals surface area contributed by atoms with Crippen LogP contribution in [0.3, 0.4) is 0 Å². The molecule has 3 aromatic carbocycles. The van der Waals surface area contributed by atoms with Crippen molar-refractivity contribution >= 4 is 27.3 Å². The second-order valence-electron chi connectivity index (χ2n) is 6.82. The first-order valence-corrected chi connectivity index (χ1v) is 11.4. The minimum absolute atomic E-state index is 0.0752. The van der Waals surface area contributed by atoms with Gasteiger partial charge in [-0.25, -0.2) is 12.8 Å². The van der Waals surface area contributed by atoms with Gasteiger partial charge in [0.1, 0.15) is 23.9 Å². The second kappa shape index (κ2) is 10.1. The van der Waals surface area contributed by atoms with Crippen molar-refractivity contribution in [2.45, 2.75) is 13.5 Å². The zero-order valence-electron chi connectivity index (χ0n) is 17.6. The van der Waals surface area contributed by atoms with Crippen LogP contribution in [0.5, 0.6) is 11.5 Å². The molecule has 0 fully saturated rings. The number of halogens is 1. The van der Waals surface area contributed by atoms with E-state index in [0.717, 1.165) is 5.56 Å². The molecular weight excluding hydrogens is 435 g/mol. The number of methoxy groups -OCH3 is 1. The smallest absolute Gasteiger partial charge is 0.255 e. The first-order valence-electron chi connectivity index (χ1n) is 9.77. The fourth-order valence-corrected chi connectivity index (χ4v) is 3.42. The molecule has 1 amide bonds. The number of rotatable bonds is 9. The van der Waals surface area contributed by atoms with E-state index in [1.54, 1.807) is 42.5 Å². The lowest BCUT2D eigenvalue weighted by Gasteiger charge is -2.13. The molecule has 0 spiro atoms. The molecule has 0 saturated heterocycles. The van der Waals surface area contributed by atoms with Crippen LogP contribution in [0.15, 0.2) is 66.7 Å². The maximum absolute atomic E-state index is 13.0. The van der Waals surface area contributed by atoms with E-state index in [9.17, 15) is 17.6 Å². The topological polar surface area (TPSA) is 93.7 Å². The molecule has 3 rings (SSSR count). The van der Waals surface area contributed by atoms with Gasteiger partial charge < -0.3 is 14.8 Å². The van der Waals surface area contributed by atoms with Crippen molar-refractivity contribution in [3.05, 3.63) is 83.7 Å². The Balaban J connectivity index is 1.68. The van der Waals surface area contributed by atoms with Crippen molar-refractivity contribution in [3.63, 3.8) is 0 Å². The number of hydrogen-bond donors (Lipinski definition) is 2. The summed E-state index contributed by atoms with van der Waals surface area (Å²) in [5, 5.41) is 2.75. The number of sulfonamides is 1. The van der Waals surface area contributed by atoms with Gasteiger partial charge in [0.05, 0.1) is 18.6 Å². The molecule has 9 heteroatoms. The largest absolute Gasteiger partial charge is 0.494 e. The van der Waals surface area contributed by atoms with Crippen LogP contribution in [0.1, 0.15) is 22.8 Å². The van der Waals surface area contributed by atoms with E-state index >= 15 is 0 Å². The third-order valence-corrected chi connectivity index (χ3v) is 5.81. The monoisotopic (exact) mass is 458 g/mol. The number of ether oxygens (including phenoxy) is 2. The molecule has 0 heterocycles. The molecule has 0 bridgehead atoms. The summed E-state index contributed by atoms with van der Waals surface area (Å²) in [7, 11) is -2.06. The van der Waals surface area contributed by atoms with Crippen molar-refractivity contribution in [2.75, 3.05) is 22.9 Å². The summed E-state index contributed by atoms with van der Waals surface area (Å²) in [6, 6.07) is 17.2. The summed E-state index contributed by atoms with van der Waals surface area (Å²) in [5.41, 5.74) is 1.89. The average Bonchev–Trinajstić information content (AvgIpc) is 2.79. The fraction of sp³-hybridized carbons (Fsp3) is 0.174. The van der Waals surface area contributed by atoms with Crippen LogP contribution in [-0.2, 0) is 16.6 Å². The first kappa shape index (κ1) is 23.1. The van der Waals surface area contributed by atoms with Crippen LogP contribution >= 0.6 is 0 Å². The van der Waals surface area contributed by atoms with Gasteiger partial charge in [0, 0.05) is 17.3 Å². The zero-order chi connectivity index (χ0) is 23.1. The van der Waals surface area contributed by atoms with Crippen molar-refractivity contribution < 1.29 is 27.1 Å². The Morgan fingerprint density at radius 1 is 1.03 bits per heavy atom. The number of amides is 1. The molecule has 0 aliphatic rings. The lowest BCUT2D eigenvalue weighted by molar-refractivity contribution is 0.102. The van der Waals surface area contributed by atoms with Gasteiger partial charge in [-0.15, -0.1) is 0 Å². The molecule has 0 unspecified atom stereocenters. The van der Waals surface area contributed by atoms with Crippen LogP contribution in [-0.4, -0.2) is 27.2 Å². The number of carbonyl (C=O) groups excluding carboxylic acids is 1. The van der Waals surface area contributed by atoms with Crippen LogP contribution in [0.2, 0.25) is 0 Å². The van der Waals surface area contributed by atoms with Gasteiger partial charge in [-0.1, -0.05) is 18.2 Å². The second-order valence-corrected chi connectivity index (χ2v) is 8.83. The highest BCUT2D eigenvalue weighted by Crippen LogP contribution is 2.29. The van der Waals surface area contributed by atoms with E-state index in [4.69, 9.17) is 9.47 Å². The minimum atomic E-state index is -3.47. The highest BCUT2D eigenvalue weighted by Gasteiger charge is 2.13. The molecule has 0 aliphatic carbocycles. The SMILES string of the molecule is CCS(=O)(=O)Nc1ccc(NC(=O)c2cccc(OCc3ccc(F)cc3)c2)cc1OC. The van der Waals surface area contributed by atoms with Gasteiger partial charge in [0.25, 0.3) is 5.91 Å². The minimum Gasteiger partial charge on any atom is -0.494 e. The molecular formula is C23H23FN2O5S. The Morgan fingerprint density at radius 2 is 1.78 bits per heavy atom. The summed E-state index contributed by atoms with van der Waals surface area (Å²) >= 11 is 0. The Bertz CT molecular complexity index is 1200. The molecule has 3 aromatic rings. The summed E-state index contributed by atoms with van der Waals surface area (Å²) in [4.78, 5) is 12.7. The molecule has 32 heavy (non-hydrogen) atoms. The highest BCUT2D eigenvalue weighted by atomic mass is 32.2. The first-order chi connectivity index (χ1) is 15.3. The van der Waals surface area contributed by atoms with Crippen LogP contribution in [0.25, 0.3) is 0 Å². The fourth-order valence-electron chi connectivity index (χ4n) is 2.77. The van der Waals surface area contributed by atoms with Gasteiger partial charge in [-0.3, -0.25) is 9.52 Å².